The van der Waals surface area contributed by atoms with Gasteiger partial charge in [-0.05, 0) is 31.4 Å². The molecule has 17 heavy (non-hydrogen) atoms. The molecule has 1 aliphatic carbocycles. The summed E-state index contributed by atoms with van der Waals surface area (Å²) < 4.78 is 14.0. The standard InChI is InChI=1S/C14H20FNO/c1-10-5-6-11(15)12(13(10)17)14(9-16)7-3-2-4-8-14/h5-6,17H,2-4,7-9,16H2,1H3. The molecule has 0 amide bonds. The van der Waals surface area contributed by atoms with Crippen LogP contribution in [0.3, 0.4) is 0 Å². The van der Waals surface area contributed by atoms with Gasteiger partial charge in [0.1, 0.15) is 11.6 Å². The number of hydrogen-bond acceptors (Lipinski definition) is 2. The van der Waals surface area contributed by atoms with Crippen molar-refractivity contribution in [3.8, 4) is 5.75 Å². The van der Waals surface area contributed by atoms with E-state index >= 15 is 0 Å². The van der Waals surface area contributed by atoms with Crippen LogP contribution in [-0.4, -0.2) is 11.7 Å². The average molecular weight is 237 g/mol. The van der Waals surface area contributed by atoms with E-state index in [0.29, 0.717) is 12.1 Å². The summed E-state index contributed by atoms with van der Waals surface area (Å²) in [6.07, 6.45) is 5.04. The van der Waals surface area contributed by atoms with Crippen molar-refractivity contribution in [3.63, 3.8) is 0 Å². The summed E-state index contributed by atoms with van der Waals surface area (Å²) in [6.45, 7) is 2.20. The van der Waals surface area contributed by atoms with Crippen LogP contribution in [0, 0.1) is 12.7 Å². The molecule has 3 N–H and O–H groups in total. The van der Waals surface area contributed by atoms with Crippen molar-refractivity contribution in [1.82, 2.24) is 0 Å². The minimum absolute atomic E-state index is 0.0948. The minimum Gasteiger partial charge on any atom is -0.507 e. The maximum absolute atomic E-state index is 14.0. The summed E-state index contributed by atoms with van der Waals surface area (Å²) >= 11 is 0. The summed E-state index contributed by atoms with van der Waals surface area (Å²) in [6, 6.07) is 3.05. The number of halogens is 1. The third-order valence-corrected chi connectivity index (χ3v) is 4.06. The van der Waals surface area contributed by atoms with Gasteiger partial charge in [0.25, 0.3) is 0 Å². The number of aromatic hydroxyl groups is 1. The zero-order valence-electron chi connectivity index (χ0n) is 10.3. The third kappa shape index (κ3) is 2.04. The van der Waals surface area contributed by atoms with Gasteiger partial charge >= 0.3 is 0 Å². The molecule has 0 saturated heterocycles. The molecular weight excluding hydrogens is 217 g/mol. The molecule has 0 spiro atoms. The lowest BCUT2D eigenvalue weighted by molar-refractivity contribution is 0.280. The molecule has 3 heteroatoms. The van der Waals surface area contributed by atoms with E-state index in [1.807, 2.05) is 0 Å². The molecule has 0 atom stereocenters. The van der Waals surface area contributed by atoms with E-state index in [1.54, 1.807) is 13.0 Å². The van der Waals surface area contributed by atoms with Crippen molar-refractivity contribution in [1.29, 1.82) is 0 Å². The second-order valence-corrected chi connectivity index (χ2v) is 5.13. The van der Waals surface area contributed by atoms with Gasteiger partial charge in [0.05, 0.1) is 0 Å². The highest BCUT2D eigenvalue weighted by Crippen LogP contribution is 2.44. The number of nitrogens with two attached hydrogens (primary N) is 1. The molecule has 0 unspecified atom stereocenters. The Morgan fingerprint density at radius 1 is 1.29 bits per heavy atom. The van der Waals surface area contributed by atoms with Crippen LogP contribution in [0.5, 0.6) is 5.75 Å². The van der Waals surface area contributed by atoms with E-state index in [0.717, 1.165) is 31.2 Å². The maximum Gasteiger partial charge on any atom is 0.130 e. The van der Waals surface area contributed by atoms with Crippen LogP contribution in [0.25, 0.3) is 0 Å². The fraction of sp³-hybridized carbons (Fsp3) is 0.571. The fourth-order valence-electron chi connectivity index (χ4n) is 2.96. The number of rotatable bonds is 2. The highest BCUT2D eigenvalue weighted by molar-refractivity contribution is 5.45. The van der Waals surface area contributed by atoms with Gasteiger partial charge in [-0.25, -0.2) is 4.39 Å². The van der Waals surface area contributed by atoms with Crippen molar-refractivity contribution in [2.45, 2.75) is 44.4 Å². The quantitative estimate of drug-likeness (QED) is 0.830. The van der Waals surface area contributed by atoms with Gasteiger partial charge < -0.3 is 10.8 Å². The van der Waals surface area contributed by atoms with Crippen LogP contribution in [-0.2, 0) is 5.41 Å². The Morgan fingerprint density at radius 2 is 1.94 bits per heavy atom. The molecular formula is C14H20FNO. The van der Waals surface area contributed by atoms with Gasteiger partial charge in [-0.3, -0.25) is 0 Å². The topological polar surface area (TPSA) is 46.2 Å². The zero-order valence-corrected chi connectivity index (χ0v) is 10.3. The molecule has 1 aliphatic rings. The Bertz CT molecular complexity index is 411. The summed E-state index contributed by atoms with van der Waals surface area (Å²) in [4.78, 5) is 0. The first kappa shape index (κ1) is 12.4. The van der Waals surface area contributed by atoms with E-state index in [1.165, 1.54) is 12.5 Å². The fourth-order valence-corrected chi connectivity index (χ4v) is 2.96. The maximum atomic E-state index is 14.0. The average Bonchev–Trinajstić information content (AvgIpc) is 2.35. The van der Waals surface area contributed by atoms with Gasteiger partial charge in [0, 0.05) is 17.5 Å². The van der Waals surface area contributed by atoms with Crippen molar-refractivity contribution < 1.29 is 9.50 Å². The molecule has 94 valence electrons. The molecule has 0 aromatic heterocycles. The van der Waals surface area contributed by atoms with Gasteiger partial charge in [0.2, 0.25) is 0 Å². The first-order valence-electron chi connectivity index (χ1n) is 6.29. The van der Waals surface area contributed by atoms with E-state index in [4.69, 9.17) is 5.73 Å². The van der Waals surface area contributed by atoms with Crippen LogP contribution in [0.1, 0.15) is 43.2 Å². The lowest BCUT2D eigenvalue weighted by Crippen LogP contribution is -2.38. The molecule has 0 heterocycles. The molecule has 1 fully saturated rings. The van der Waals surface area contributed by atoms with Gasteiger partial charge in [0.15, 0.2) is 0 Å². The smallest absolute Gasteiger partial charge is 0.130 e. The van der Waals surface area contributed by atoms with E-state index < -0.39 is 0 Å². The Labute approximate surface area is 102 Å². The Hall–Kier alpha value is -1.09. The first-order valence-corrected chi connectivity index (χ1v) is 6.29. The first-order chi connectivity index (χ1) is 8.10. The zero-order chi connectivity index (χ0) is 12.5. The molecule has 2 nitrogen and oxygen atoms in total. The summed E-state index contributed by atoms with van der Waals surface area (Å²) in [5.41, 5.74) is 6.68. The molecule has 0 bridgehead atoms. The predicted molar refractivity (Wildman–Crippen MR) is 66.6 cm³/mol. The second kappa shape index (κ2) is 4.65. The Balaban J connectivity index is 2.53. The summed E-state index contributed by atoms with van der Waals surface area (Å²) in [7, 11) is 0. The Kier molecular flexibility index (Phi) is 3.38. The normalized spacial score (nSPS) is 19.2. The van der Waals surface area contributed by atoms with Gasteiger partial charge in [-0.2, -0.15) is 0 Å². The van der Waals surface area contributed by atoms with Crippen LogP contribution >= 0.6 is 0 Å². The number of hydrogen-bond donors (Lipinski definition) is 2. The number of phenolic OH excluding ortho intramolecular Hbond substituents is 1. The highest BCUT2D eigenvalue weighted by atomic mass is 19.1. The minimum atomic E-state index is -0.363. The second-order valence-electron chi connectivity index (χ2n) is 5.13. The molecule has 1 saturated carbocycles. The van der Waals surface area contributed by atoms with Crippen LogP contribution < -0.4 is 5.73 Å². The predicted octanol–water partition coefficient (Wildman–Crippen LogP) is 3.00. The van der Waals surface area contributed by atoms with Crippen LogP contribution in [0.2, 0.25) is 0 Å². The molecule has 0 aliphatic heterocycles. The lowest BCUT2D eigenvalue weighted by atomic mass is 9.68. The molecule has 2 rings (SSSR count). The van der Waals surface area contributed by atoms with E-state index in [-0.39, 0.29) is 17.0 Å². The van der Waals surface area contributed by atoms with E-state index in [2.05, 4.69) is 0 Å². The van der Waals surface area contributed by atoms with Crippen molar-refractivity contribution >= 4 is 0 Å². The summed E-state index contributed by atoms with van der Waals surface area (Å²) in [5, 5.41) is 10.1. The largest absolute Gasteiger partial charge is 0.507 e. The summed E-state index contributed by atoms with van der Waals surface area (Å²) in [5.74, 6) is -0.224. The third-order valence-electron chi connectivity index (χ3n) is 4.06. The van der Waals surface area contributed by atoms with E-state index in [9.17, 15) is 9.50 Å². The van der Waals surface area contributed by atoms with Gasteiger partial charge in [-0.15, -0.1) is 0 Å². The lowest BCUT2D eigenvalue weighted by Gasteiger charge is -2.37. The highest BCUT2D eigenvalue weighted by Gasteiger charge is 2.37. The number of aryl methyl sites for hydroxylation is 1. The van der Waals surface area contributed by atoms with Crippen LogP contribution in [0.15, 0.2) is 12.1 Å². The monoisotopic (exact) mass is 237 g/mol. The van der Waals surface area contributed by atoms with Crippen molar-refractivity contribution in [2.75, 3.05) is 6.54 Å². The molecule has 1 aromatic carbocycles. The van der Waals surface area contributed by atoms with Crippen LogP contribution in [0.4, 0.5) is 4.39 Å². The Morgan fingerprint density at radius 3 is 2.53 bits per heavy atom. The molecule has 1 aromatic rings. The molecule has 0 radical (unpaired) electrons. The van der Waals surface area contributed by atoms with Gasteiger partial charge in [-0.1, -0.05) is 25.3 Å². The number of benzene rings is 1. The van der Waals surface area contributed by atoms with Crippen molar-refractivity contribution in [3.05, 3.63) is 29.1 Å². The SMILES string of the molecule is Cc1ccc(F)c(C2(CN)CCCCC2)c1O. The van der Waals surface area contributed by atoms with Crippen molar-refractivity contribution in [2.24, 2.45) is 5.73 Å². The number of phenols is 1.